The first-order valence-corrected chi connectivity index (χ1v) is 9.30. The quantitative estimate of drug-likeness (QED) is 0.852. The van der Waals surface area contributed by atoms with Gasteiger partial charge < -0.3 is 5.32 Å². The summed E-state index contributed by atoms with van der Waals surface area (Å²) in [6.45, 7) is 1.20. The third-order valence-corrected chi connectivity index (χ3v) is 4.67. The number of rotatable bonds is 6. The SMILES string of the molecule is C[C@@H](NC(=O)CN(c1cccc(F)c1)S(C)(=O)=O)c1ccc(F)cc1. The van der Waals surface area contributed by atoms with Gasteiger partial charge in [0.2, 0.25) is 15.9 Å². The minimum Gasteiger partial charge on any atom is -0.348 e. The van der Waals surface area contributed by atoms with Crippen LogP contribution in [0, 0.1) is 11.6 Å². The summed E-state index contributed by atoms with van der Waals surface area (Å²) >= 11 is 0. The molecule has 0 fully saturated rings. The largest absolute Gasteiger partial charge is 0.348 e. The summed E-state index contributed by atoms with van der Waals surface area (Å²) in [6, 6.07) is 10.1. The maximum Gasteiger partial charge on any atom is 0.241 e. The molecule has 1 atom stereocenters. The van der Waals surface area contributed by atoms with Crippen molar-refractivity contribution in [2.75, 3.05) is 17.1 Å². The molecule has 1 N–H and O–H groups in total. The van der Waals surface area contributed by atoms with Crippen LogP contribution >= 0.6 is 0 Å². The fourth-order valence-corrected chi connectivity index (χ4v) is 3.13. The lowest BCUT2D eigenvalue weighted by atomic mass is 10.1. The monoisotopic (exact) mass is 368 g/mol. The molecule has 0 radical (unpaired) electrons. The molecule has 25 heavy (non-hydrogen) atoms. The molecule has 0 unspecified atom stereocenters. The molecule has 0 aliphatic rings. The second kappa shape index (κ2) is 7.60. The molecule has 8 heteroatoms. The maximum absolute atomic E-state index is 13.4. The summed E-state index contributed by atoms with van der Waals surface area (Å²) in [4.78, 5) is 12.2. The number of halogens is 2. The van der Waals surface area contributed by atoms with E-state index in [0.29, 0.717) is 5.56 Å². The van der Waals surface area contributed by atoms with Gasteiger partial charge in [-0.15, -0.1) is 0 Å². The van der Waals surface area contributed by atoms with E-state index >= 15 is 0 Å². The second-order valence-corrected chi connectivity index (χ2v) is 7.50. The number of sulfonamides is 1. The second-order valence-electron chi connectivity index (χ2n) is 5.59. The zero-order valence-corrected chi connectivity index (χ0v) is 14.6. The van der Waals surface area contributed by atoms with E-state index in [1.807, 2.05) is 0 Å². The molecule has 134 valence electrons. The Balaban J connectivity index is 2.13. The van der Waals surface area contributed by atoms with Gasteiger partial charge in [-0.2, -0.15) is 0 Å². The number of hydrogen-bond donors (Lipinski definition) is 1. The molecular weight excluding hydrogens is 350 g/mol. The number of anilines is 1. The number of hydrogen-bond acceptors (Lipinski definition) is 3. The van der Waals surface area contributed by atoms with Gasteiger partial charge >= 0.3 is 0 Å². The van der Waals surface area contributed by atoms with Gasteiger partial charge in [0.15, 0.2) is 0 Å². The van der Waals surface area contributed by atoms with Crippen LogP contribution in [0.3, 0.4) is 0 Å². The van der Waals surface area contributed by atoms with E-state index in [2.05, 4.69) is 5.32 Å². The van der Waals surface area contributed by atoms with Crippen LogP contribution in [0.1, 0.15) is 18.5 Å². The first-order chi connectivity index (χ1) is 11.7. The molecule has 0 saturated carbocycles. The van der Waals surface area contributed by atoms with Crippen LogP contribution in [-0.4, -0.2) is 27.1 Å². The summed E-state index contributed by atoms with van der Waals surface area (Å²) in [5.74, 6) is -1.56. The minimum absolute atomic E-state index is 0.0621. The van der Waals surface area contributed by atoms with E-state index in [-0.39, 0.29) is 5.69 Å². The average Bonchev–Trinajstić information content (AvgIpc) is 2.52. The van der Waals surface area contributed by atoms with Gasteiger partial charge in [0.25, 0.3) is 0 Å². The highest BCUT2D eigenvalue weighted by Crippen LogP contribution is 2.19. The molecule has 5 nitrogen and oxygen atoms in total. The summed E-state index contributed by atoms with van der Waals surface area (Å²) in [5, 5.41) is 2.64. The van der Waals surface area contributed by atoms with Crippen LogP contribution in [0.2, 0.25) is 0 Å². The third kappa shape index (κ3) is 5.25. The molecule has 2 aromatic carbocycles. The molecule has 0 aromatic heterocycles. The van der Waals surface area contributed by atoms with Gasteiger partial charge in [0.1, 0.15) is 18.2 Å². The highest BCUT2D eigenvalue weighted by Gasteiger charge is 2.22. The Morgan fingerprint density at radius 3 is 2.32 bits per heavy atom. The third-order valence-electron chi connectivity index (χ3n) is 3.53. The van der Waals surface area contributed by atoms with Crippen LogP contribution in [-0.2, 0) is 14.8 Å². The first-order valence-electron chi connectivity index (χ1n) is 7.45. The van der Waals surface area contributed by atoms with Crippen molar-refractivity contribution in [2.24, 2.45) is 0 Å². The van der Waals surface area contributed by atoms with Gasteiger partial charge in [-0.25, -0.2) is 17.2 Å². The number of carbonyl (C=O) groups is 1. The van der Waals surface area contributed by atoms with Crippen molar-refractivity contribution in [1.29, 1.82) is 0 Å². The van der Waals surface area contributed by atoms with Gasteiger partial charge in [-0.1, -0.05) is 18.2 Å². The Hall–Kier alpha value is -2.48. The fraction of sp³-hybridized carbons (Fsp3) is 0.235. The number of amides is 1. The van der Waals surface area contributed by atoms with Crippen LogP contribution < -0.4 is 9.62 Å². The van der Waals surface area contributed by atoms with Gasteiger partial charge in [-0.3, -0.25) is 9.10 Å². The number of nitrogens with one attached hydrogen (secondary N) is 1. The average molecular weight is 368 g/mol. The standard InChI is InChI=1S/C17H18F2N2O3S/c1-12(13-6-8-14(18)9-7-13)20-17(22)11-21(25(2,23)24)16-5-3-4-15(19)10-16/h3-10,12H,11H2,1-2H3,(H,20,22)/t12-/m1/s1. The molecule has 0 spiro atoms. The summed E-state index contributed by atoms with van der Waals surface area (Å²) in [7, 11) is -3.78. The summed E-state index contributed by atoms with van der Waals surface area (Å²) in [6.07, 6.45) is 0.939. The number of benzene rings is 2. The summed E-state index contributed by atoms with van der Waals surface area (Å²) in [5.41, 5.74) is 0.735. The highest BCUT2D eigenvalue weighted by atomic mass is 32.2. The van der Waals surface area contributed by atoms with Gasteiger partial charge in [0, 0.05) is 0 Å². The smallest absolute Gasteiger partial charge is 0.241 e. The van der Waals surface area contributed by atoms with Crippen molar-refractivity contribution in [3.05, 3.63) is 65.7 Å². The Kier molecular flexibility index (Phi) is 5.73. The van der Waals surface area contributed by atoms with Crippen molar-refractivity contribution in [3.63, 3.8) is 0 Å². The Morgan fingerprint density at radius 2 is 1.76 bits per heavy atom. The molecular formula is C17H18F2N2O3S. The van der Waals surface area contributed by atoms with Crippen LogP contribution in [0.25, 0.3) is 0 Å². The lowest BCUT2D eigenvalue weighted by Crippen LogP contribution is -2.41. The molecule has 2 aromatic rings. The molecule has 0 saturated heterocycles. The predicted octanol–water partition coefficient (Wildman–Crippen LogP) is 2.61. The van der Waals surface area contributed by atoms with E-state index in [1.165, 1.54) is 42.5 Å². The Labute approximate surface area is 145 Å². The zero-order valence-electron chi connectivity index (χ0n) is 13.7. The van der Waals surface area contributed by atoms with E-state index in [9.17, 15) is 22.0 Å². The molecule has 1 amide bonds. The Bertz CT molecular complexity index is 854. The van der Waals surface area contributed by atoms with E-state index < -0.39 is 40.2 Å². The van der Waals surface area contributed by atoms with Crippen LogP contribution in [0.5, 0.6) is 0 Å². The first kappa shape index (κ1) is 18.9. The predicted molar refractivity (Wildman–Crippen MR) is 91.5 cm³/mol. The van der Waals surface area contributed by atoms with Crippen LogP contribution in [0.15, 0.2) is 48.5 Å². The van der Waals surface area contributed by atoms with Crippen molar-refractivity contribution < 1.29 is 22.0 Å². The topological polar surface area (TPSA) is 66.5 Å². The van der Waals surface area contributed by atoms with Gasteiger partial charge in [-0.05, 0) is 42.8 Å². The van der Waals surface area contributed by atoms with E-state index in [0.717, 1.165) is 16.6 Å². The van der Waals surface area contributed by atoms with Crippen molar-refractivity contribution in [2.45, 2.75) is 13.0 Å². The minimum atomic E-state index is -3.78. The van der Waals surface area contributed by atoms with Crippen molar-refractivity contribution in [3.8, 4) is 0 Å². The molecule has 0 aliphatic carbocycles. The zero-order chi connectivity index (χ0) is 18.6. The Morgan fingerprint density at radius 1 is 1.12 bits per heavy atom. The normalized spacial score (nSPS) is 12.5. The molecule has 0 aliphatic heterocycles. The van der Waals surface area contributed by atoms with Gasteiger partial charge in [0.05, 0.1) is 18.0 Å². The van der Waals surface area contributed by atoms with Crippen LogP contribution in [0.4, 0.5) is 14.5 Å². The fourth-order valence-electron chi connectivity index (χ4n) is 2.28. The summed E-state index contributed by atoms with van der Waals surface area (Å²) < 4.78 is 51.0. The molecule has 0 heterocycles. The highest BCUT2D eigenvalue weighted by molar-refractivity contribution is 7.92. The lowest BCUT2D eigenvalue weighted by molar-refractivity contribution is -0.120. The molecule has 0 bridgehead atoms. The van der Waals surface area contributed by atoms with Crippen molar-refractivity contribution >= 4 is 21.6 Å². The molecule has 2 rings (SSSR count). The lowest BCUT2D eigenvalue weighted by Gasteiger charge is -2.23. The number of carbonyl (C=O) groups excluding carboxylic acids is 1. The van der Waals surface area contributed by atoms with E-state index in [4.69, 9.17) is 0 Å². The van der Waals surface area contributed by atoms with Crippen molar-refractivity contribution in [1.82, 2.24) is 5.32 Å². The number of nitrogens with zero attached hydrogens (tertiary/aromatic N) is 1. The maximum atomic E-state index is 13.4. The van der Waals surface area contributed by atoms with E-state index in [1.54, 1.807) is 6.92 Å².